The molecule has 2 aromatic carbocycles. The van der Waals surface area contributed by atoms with Gasteiger partial charge in [0.25, 0.3) is 5.69 Å². The fourth-order valence-corrected chi connectivity index (χ4v) is 3.46. The largest absolute Gasteiger partial charge is 0.344 e. The van der Waals surface area contributed by atoms with Gasteiger partial charge in [0.05, 0.1) is 16.2 Å². The summed E-state index contributed by atoms with van der Waals surface area (Å²) in [7, 11) is 0. The Kier molecular flexibility index (Phi) is 3.23. The summed E-state index contributed by atoms with van der Waals surface area (Å²) < 4.78 is 2.24. The third-order valence-corrected chi connectivity index (χ3v) is 4.47. The van der Waals surface area contributed by atoms with Gasteiger partial charge in [0.1, 0.15) is 0 Å². The number of rotatable bonds is 3. The molecule has 3 aromatic rings. The minimum atomic E-state index is -0.299. The molecule has 2 heterocycles. The van der Waals surface area contributed by atoms with E-state index >= 15 is 0 Å². The number of para-hydroxylation sites is 1. The van der Waals surface area contributed by atoms with Crippen molar-refractivity contribution >= 4 is 5.69 Å². The summed E-state index contributed by atoms with van der Waals surface area (Å²) >= 11 is 0. The van der Waals surface area contributed by atoms with Crippen molar-refractivity contribution in [1.82, 2.24) is 4.57 Å². The maximum absolute atomic E-state index is 11.4. The molecule has 0 N–H and O–H groups in total. The lowest BCUT2D eigenvalue weighted by atomic mass is 10.0. The molecule has 0 amide bonds. The molecule has 4 rings (SSSR count). The Labute approximate surface area is 134 Å². The van der Waals surface area contributed by atoms with Crippen molar-refractivity contribution in [2.45, 2.75) is 19.4 Å². The molecular formula is C19H16N2O2. The Morgan fingerprint density at radius 1 is 0.957 bits per heavy atom. The van der Waals surface area contributed by atoms with Crippen LogP contribution in [-0.2, 0) is 13.0 Å². The highest BCUT2D eigenvalue weighted by atomic mass is 16.6. The molecule has 0 aliphatic carbocycles. The molecule has 0 saturated heterocycles. The van der Waals surface area contributed by atoms with Gasteiger partial charge < -0.3 is 4.57 Å². The van der Waals surface area contributed by atoms with Crippen LogP contribution < -0.4 is 0 Å². The number of hydrogen-bond acceptors (Lipinski definition) is 2. The SMILES string of the molecule is O=[N+]([O-])c1ccccc1-c1cc(-c2ccccc2)c2n1CCC2. The molecule has 0 spiro atoms. The van der Waals surface area contributed by atoms with E-state index in [1.54, 1.807) is 12.1 Å². The first-order valence-electron chi connectivity index (χ1n) is 7.77. The first-order valence-corrected chi connectivity index (χ1v) is 7.77. The average Bonchev–Trinajstić information content (AvgIpc) is 3.18. The van der Waals surface area contributed by atoms with Gasteiger partial charge >= 0.3 is 0 Å². The highest BCUT2D eigenvalue weighted by Crippen LogP contribution is 2.39. The second-order valence-electron chi connectivity index (χ2n) is 5.79. The van der Waals surface area contributed by atoms with Crippen LogP contribution >= 0.6 is 0 Å². The normalized spacial score (nSPS) is 13.0. The van der Waals surface area contributed by atoms with E-state index in [9.17, 15) is 10.1 Å². The Morgan fingerprint density at radius 3 is 2.48 bits per heavy atom. The van der Waals surface area contributed by atoms with Crippen LogP contribution in [0.1, 0.15) is 12.1 Å². The molecule has 0 saturated carbocycles. The summed E-state index contributed by atoms with van der Waals surface area (Å²) in [4.78, 5) is 11.1. The second-order valence-corrected chi connectivity index (χ2v) is 5.79. The van der Waals surface area contributed by atoms with Crippen molar-refractivity contribution < 1.29 is 4.92 Å². The van der Waals surface area contributed by atoms with Gasteiger partial charge in [-0.15, -0.1) is 0 Å². The zero-order chi connectivity index (χ0) is 15.8. The molecule has 23 heavy (non-hydrogen) atoms. The van der Waals surface area contributed by atoms with Crippen molar-refractivity contribution in [3.8, 4) is 22.4 Å². The number of fused-ring (bicyclic) bond motifs is 1. The van der Waals surface area contributed by atoms with E-state index in [1.165, 1.54) is 16.8 Å². The smallest absolute Gasteiger partial charge is 0.278 e. The first-order chi connectivity index (χ1) is 11.3. The Balaban J connectivity index is 1.94. The molecule has 1 aliphatic rings. The summed E-state index contributed by atoms with van der Waals surface area (Å²) in [6, 6.07) is 19.3. The molecule has 0 radical (unpaired) electrons. The number of hydrogen-bond donors (Lipinski definition) is 0. The third kappa shape index (κ3) is 2.23. The summed E-state index contributed by atoms with van der Waals surface area (Å²) in [5, 5.41) is 11.4. The van der Waals surface area contributed by atoms with Crippen molar-refractivity contribution in [1.29, 1.82) is 0 Å². The van der Waals surface area contributed by atoms with E-state index in [0.717, 1.165) is 25.1 Å². The number of aromatic nitrogens is 1. The topological polar surface area (TPSA) is 48.1 Å². The van der Waals surface area contributed by atoms with E-state index in [2.05, 4.69) is 22.8 Å². The van der Waals surface area contributed by atoms with Crippen LogP contribution in [0.15, 0.2) is 60.7 Å². The molecule has 4 nitrogen and oxygen atoms in total. The van der Waals surface area contributed by atoms with E-state index in [-0.39, 0.29) is 10.6 Å². The molecule has 0 unspecified atom stereocenters. The Bertz CT molecular complexity index is 882. The molecule has 0 fully saturated rings. The van der Waals surface area contributed by atoms with Crippen LogP contribution in [0.25, 0.3) is 22.4 Å². The van der Waals surface area contributed by atoms with E-state index < -0.39 is 0 Å². The maximum atomic E-state index is 11.4. The predicted molar refractivity (Wildman–Crippen MR) is 90.3 cm³/mol. The van der Waals surface area contributed by atoms with Crippen molar-refractivity contribution in [3.05, 3.63) is 76.5 Å². The highest BCUT2D eigenvalue weighted by Gasteiger charge is 2.25. The van der Waals surface area contributed by atoms with E-state index in [0.29, 0.717) is 5.56 Å². The maximum Gasteiger partial charge on any atom is 0.278 e. The second kappa shape index (κ2) is 5.39. The molecule has 4 heteroatoms. The molecule has 1 aliphatic heterocycles. The van der Waals surface area contributed by atoms with Crippen LogP contribution in [0.4, 0.5) is 5.69 Å². The van der Waals surface area contributed by atoms with Gasteiger partial charge in [-0.1, -0.05) is 42.5 Å². The Morgan fingerprint density at radius 2 is 1.70 bits per heavy atom. The van der Waals surface area contributed by atoms with Crippen LogP contribution in [0.3, 0.4) is 0 Å². The van der Waals surface area contributed by atoms with Gasteiger partial charge in [0.2, 0.25) is 0 Å². The quantitative estimate of drug-likeness (QED) is 0.521. The monoisotopic (exact) mass is 304 g/mol. The lowest BCUT2D eigenvalue weighted by Crippen LogP contribution is -1.98. The minimum absolute atomic E-state index is 0.166. The summed E-state index contributed by atoms with van der Waals surface area (Å²) in [6.07, 6.45) is 2.11. The lowest BCUT2D eigenvalue weighted by Gasteiger charge is -2.06. The summed E-state index contributed by atoms with van der Waals surface area (Å²) in [6.45, 7) is 0.920. The fourth-order valence-electron chi connectivity index (χ4n) is 3.46. The van der Waals surface area contributed by atoms with E-state index in [1.807, 2.05) is 30.3 Å². The number of nitro groups is 1. The number of benzene rings is 2. The number of nitrogens with zero attached hydrogens (tertiary/aromatic N) is 2. The zero-order valence-corrected chi connectivity index (χ0v) is 12.6. The van der Waals surface area contributed by atoms with Crippen molar-refractivity contribution in [3.63, 3.8) is 0 Å². The fraction of sp³-hybridized carbons (Fsp3) is 0.158. The van der Waals surface area contributed by atoms with Crippen LogP contribution in [0.5, 0.6) is 0 Å². The van der Waals surface area contributed by atoms with Gasteiger partial charge in [-0.25, -0.2) is 0 Å². The van der Waals surface area contributed by atoms with Gasteiger partial charge in [-0.2, -0.15) is 0 Å². The zero-order valence-electron chi connectivity index (χ0n) is 12.6. The molecule has 114 valence electrons. The van der Waals surface area contributed by atoms with Crippen molar-refractivity contribution in [2.24, 2.45) is 0 Å². The van der Waals surface area contributed by atoms with Crippen LogP contribution in [0.2, 0.25) is 0 Å². The highest BCUT2D eigenvalue weighted by molar-refractivity contribution is 5.79. The third-order valence-electron chi connectivity index (χ3n) is 4.47. The van der Waals surface area contributed by atoms with E-state index in [4.69, 9.17) is 0 Å². The summed E-state index contributed by atoms with van der Waals surface area (Å²) in [5.41, 5.74) is 5.45. The van der Waals surface area contributed by atoms with Gasteiger partial charge in [-0.05, 0) is 30.5 Å². The minimum Gasteiger partial charge on any atom is -0.344 e. The van der Waals surface area contributed by atoms with Crippen molar-refractivity contribution in [2.75, 3.05) is 0 Å². The average molecular weight is 304 g/mol. The van der Waals surface area contributed by atoms with Gasteiger partial charge in [-0.3, -0.25) is 10.1 Å². The number of nitro benzene ring substituents is 1. The molecule has 0 atom stereocenters. The Hall–Kier alpha value is -2.88. The first kappa shape index (κ1) is 13.8. The predicted octanol–water partition coefficient (Wildman–Crippen LogP) is 4.68. The van der Waals surface area contributed by atoms with Gasteiger partial charge in [0.15, 0.2) is 0 Å². The van der Waals surface area contributed by atoms with Gasteiger partial charge in [0, 0.05) is 23.9 Å². The summed E-state index contributed by atoms with van der Waals surface area (Å²) in [5.74, 6) is 0. The lowest BCUT2D eigenvalue weighted by molar-refractivity contribution is -0.384. The van der Waals surface area contributed by atoms with Crippen LogP contribution in [0, 0.1) is 10.1 Å². The standard InChI is InChI=1S/C19H16N2O2/c22-21(23)18-10-5-4-9-15(18)19-13-16(14-7-2-1-3-8-14)17-11-6-12-20(17)19/h1-5,7-10,13H,6,11-12H2. The molecule has 0 bridgehead atoms. The van der Waals surface area contributed by atoms with Crippen LogP contribution in [-0.4, -0.2) is 9.49 Å². The molecule has 1 aromatic heterocycles. The molecular weight excluding hydrogens is 288 g/mol.